The van der Waals surface area contributed by atoms with Gasteiger partial charge in [0.1, 0.15) is 11.9 Å². The molecular weight excluding hydrogens is 356 g/mol. The van der Waals surface area contributed by atoms with E-state index in [9.17, 15) is 9.59 Å². The van der Waals surface area contributed by atoms with Crippen LogP contribution in [-0.2, 0) is 9.53 Å². The van der Waals surface area contributed by atoms with Crippen molar-refractivity contribution in [2.45, 2.75) is 59.1 Å². The molecule has 152 valence electrons. The van der Waals surface area contributed by atoms with Crippen molar-refractivity contribution in [1.82, 2.24) is 10.6 Å². The third-order valence-electron chi connectivity index (χ3n) is 5.84. The maximum atomic E-state index is 13.1. The van der Waals surface area contributed by atoms with Gasteiger partial charge in [0.2, 0.25) is 0 Å². The maximum absolute atomic E-state index is 13.1. The van der Waals surface area contributed by atoms with Gasteiger partial charge in [0.15, 0.2) is 0 Å². The molecule has 1 aliphatic carbocycles. The highest BCUT2D eigenvalue weighted by Crippen LogP contribution is 2.35. The number of nitrogens with one attached hydrogen (secondary N) is 2. The summed E-state index contributed by atoms with van der Waals surface area (Å²) in [5.41, 5.74) is 1.69. The Bertz CT molecular complexity index is 774. The summed E-state index contributed by atoms with van der Waals surface area (Å²) in [5, 5.41) is 5.56. The smallest absolute Gasteiger partial charge is 0.338 e. The van der Waals surface area contributed by atoms with Crippen molar-refractivity contribution in [2.75, 3.05) is 6.61 Å². The van der Waals surface area contributed by atoms with Crippen LogP contribution in [0.4, 0.5) is 4.79 Å². The first-order valence-corrected chi connectivity index (χ1v) is 10.1. The molecule has 1 aliphatic heterocycles. The molecule has 0 bridgehead atoms. The summed E-state index contributed by atoms with van der Waals surface area (Å²) in [5.74, 6) is 1.45. The van der Waals surface area contributed by atoms with Crippen LogP contribution in [0.5, 0.6) is 5.75 Å². The van der Waals surface area contributed by atoms with Gasteiger partial charge >= 0.3 is 12.0 Å². The monoisotopic (exact) mass is 386 g/mol. The van der Waals surface area contributed by atoms with Gasteiger partial charge in [-0.25, -0.2) is 9.59 Å². The lowest BCUT2D eigenvalue weighted by Gasteiger charge is -2.34. The standard InChI is InChI=1S/C22H30N2O4/c1-5-27-18-9-7-6-8-17(18)20-19(15(4)23-22(26)24-20)21(25)28-16-11-10-13(2)14(3)12-16/h6-9,13-14,16,20H,5,10-12H2,1-4H3,(H2,23,24,26)/t13-,14-,16-,20+/m1/s1. The van der Waals surface area contributed by atoms with Crippen LogP contribution in [0, 0.1) is 11.8 Å². The summed E-state index contributed by atoms with van der Waals surface area (Å²) in [7, 11) is 0. The van der Waals surface area contributed by atoms with E-state index in [1.54, 1.807) is 6.92 Å². The first-order valence-electron chi connectivity index (χ1n) is 10.1. The van der Waals surface area contributed by atoms with E-state index in [2.05, 4.69) is 24.5 Å². The molecule has 1 fully saturated rings. The molecule has 3 rings (SSSR count). The first-order chi connectivity index (χ1) is 13.4. The van der Waals surface area contributed by atoms with Crippen LogP contribution in [0.2, 0.25) is 0 Å². The second-order valence-corrected chi connectivity index (χ2v) is 7.84. The van der Waals surface area contributed by atoms with E-state index in [-0.39, 0.29) is 18.1 Å². The van der Waals surface area contributed by atoms with Crippen molar-refractivity contribution in [3.63, 3.8) is 0 Å². The molecule has 6 heteroatoms. The highest BCUT2D eigenvalue weighted by Gasteiger charge is 2.36. The van der Waals surface area contributed by atoms with Gasteiger partial charge in [-0.15, -0.1) is 0 Å². The maximum Gasteiger partial charge on any atom is 0.338 e. The van der Waals surface area contributed by atoms with E-state index in [1.807, 2.05) is 31.2 Å². The average Bonchev–Trinajstić information content (AvgIpc) is 2.64. The zero-order valence-electron chi connectivity index (χ0n) is 17.1. The van der Waals surface area contributed by atoms with Crippen molar-refractivity contribution in [1.29, 1.82) is 0 Å². The van der Waals surface area contributed by atoms with E-state index in [0.717, 1.165) is 24.8 Å². The molecule has 28 heavy (non-hydrogen) atoms. The minimum absolute atomic E-state index is 0.0839. The molecule has 2 N–H and O–H groups in total. The Labute approximate surface area is 166 Å². The molecule has 6 nitrogen and oxygen atoms in total. The SMILES string of the molecule is CCOc1ccccc1[C@@H]1NC(=O)NC(C)=C1C(=O)O[C@@H]1CC[C@@H](C)[C@H](C)C1. The van der Waals surface area contributed by atoms with Crippen LogP contribution in [0.25, 0.3) is 0 Å². The molecular formula is C22H30N2O4. The van der Waals surface area contributed by atoms with Crippen LogP contribution in [0.15, 0.2) is 35.5 Å². The van der Waals surface area contributed by atoms with Crippen molar-refractivity contribution < 1.29 is 19.1 Å². The lowest BCUT2D eigenvalue weighted by Crippen LogP contribution is -2.46. The van der Waals surface area contributed by atoms with E-state index in [0.29, 0.717) is 35.5 Å². The summed E-state index contributed by atoms with van der Waals surface area (Å²) in [6.07, 6.45) is 2.73. The number of rotatable bonds is 5. The van der Waals surface area contributed by atoms with E-state index in [4.69, 9.17) is 9.47 Å². The largest absolute Gasteiger partial charge is 0.494 e. The summed E-state index contributed by atoms with van der Waals surface area (Å²) < 4.78 is 11.6. The summed E-state index contributed by atoms with van der Waals surface area (Å²) in [6, 6.07) is 6.50. The number of carbonyl (C=O) groups excluding carboxylic acids is 2. The number of para-hydroxylation sites is 1. The number of amides is 2. The van der Waals surface area contributed by atoms with Crippen molar-refractivity contribution >= 4 is 12.0 Å². The highest BCUT2D eigenvalue weighted by molar-refractivity contribution is 5.95. The minimum Gasteiger partial charge on any atom is -0.494 e. The minimum atomic E-state index is -0.607. The molecule has 0 unspecified atom stereocenters. The molecule has 2 aliphatic rings. The lowest BCUT2D eigenvalue weighted by molar-refractivity contribution is -0.147. The fourth-order valence-corrected chi connectivity index (χ4v) is 4.02. The Balaban J connectivity index is 1.87. The fraction of sp³-hybridized carbons (Fsp3) is 0.545. The van der Waals surface area contributed by atoms with Crippen molar-refractivity contribution in [3.8, 4) is 5.75 Å². The van der Waals surface area contributed by atoms with Gasteiger partial charge in [-0.2, -0.15) is 0 Å². The Kier molecular flexibility index (Phi) is 6.27. The summed E-state index contributed by atoms with van der Waals surface area (Å²) >= 11 is 0. The number of carbonyl (C=O) groups is 2. The van der Waals surface area contributed by atoms with Crippen molar-refractivity contribution in [3.05, 3.63) is 41.1 Å². The van der Waals surface area contributed by atoms with Gasteiger partial charge < -0.3 is 20.1 Å². The predicted molar refractivity (Wildman–Crippen MR) is 107 cm³/mol. The van der Waals surface area contributed by atoms with Gasteiger partial charge in [0, 0.05) is 11.3 Å². The molecule has 1 heterocycles. The predicted octanol–water partition coefficient (Wildman–Crippen LogP) is 4.08. The molecule has 1 aromatic carbocycles. The van der Waals surface area contributed by atoms with Crippen LogP contribution in [0.3, 0.4) is 0 Å². The van der Waals surface area contributed by atoms with Crippen molar-refractivity contribution in [2.24, 2.45) is 11.8 Å². The number of benzene rings is 1. The van der Waals surface area contributed by atoms with E-state index in [1.165, 1.54) is 0 Å². The fourth-order valence-electron chi connectivity index (χ4n) is 4.02. The molecule has 0 aromatic heterocycles. The summed E-state index contributed by atoms with van der Waals surface area (Å²) in [4.78, 5) is 25.2. The molecule has 2 amide bonds. The molecule has 1 saturated carbocycles. The van der Waals surface area contributed by atoms with Crippen LogP contribution in [0.1, 0.15) is 58.6 Å². The van der Waals surface area contributed by atoms with E-state index >= 15 is 0 Å². The number of urea groups is 1. The second-order valence-electron chi connectivity index (χ2n) is 7.84. The quantitative estimate of drug-likeness (QED) is 0.748. The lowest BCUT2D eigenvalue weighted by atomic mass is 9.80. The zero-order chi connectivity index (χ0) is 20.3. The first kappa shape index (κ1) is 20.2. The van der Waals surface area contributed by atoms with Gasteiger partial charge in [-0.1, -0.05) is 32.0 Å². The Morgan fingerprint density at radius 1 is 1.18 bits per heavy atom. The third-order valence-corrected chi connectivity index (χ3v) is 5.84. The molecule has 0 radical (unpaired) electrons. The number of hydrogen-bond donors (Lipinski definition) is 2. The van der Waals surface area contributed by atoms with Crippen LogP contribution in [-0.4, -0.2) is 24.7 Å². The Hall–Kier alpha value is -2.50. The summed E-state index contributed by atoms with van der Waals surface area (Å²) in [6.45, 7) is 8.59. The number of ether oxygens (including phenoxy) is 2. The Morgan fingerprint density at radius 3 is 2.64 bits per heavy atom. The van der Waals surface area contributed by atoms with Gasteiger partial charge in [-0.05, 0) is 51.0 Å². The number of hydrogen-bond acceptors (Lipinski definition) is 4. The van der Waals surface area contributed by atoms with Gasteiger partial charge in [0.25, 0.3) is 0 Å². The normalized spacial score (nSPS) is 27.6. The highest BCUT2D eigenvalue weighted by atomic mass is 16.5. The van der Waals surface area contributed by atoms with Gasteiger partial charge in [-0.3, -0.25) is 0 Å². The Morgan fingerprint density at radius 2 is 1.93 bits per heavy atom. The number of esters is 1. The molecule has 0 saturated heterocycles. The topological polar surface area (TPSA) is 76.7 Å². The number of allylic oxidation sites excluding steroid dienone is 1. The molecule has 4 atom stereocenters. The molecule has 0 spiro atoms. The molecule has 1 aromatic rings. The average molecular weight is 386 g/mol. The van der Waals surface area contributed by atoms with Crippen LogP contribution >= 0.6 is 0 Å². The third kappa shape index (κ3) is 4.32. The zero-order valence-corrected chi connectivity index (χ0v) is 17.1. The van der Waals surface area contributed by atoms with Gasteiger partial charge in [0.05, 0.1) is 18.2 Å². The second kappa shape index (κ2) is 8.67. The van der Waals surface area contributed by atoms with Crippen LogP contribution < -0.4 is 15.4 Å². The van der Waals surface area contributed by atoms with E-state index < -0.39 is 6.04 Å².